The number of nitrogens with one attached hydrogen (secondary N) is 1. The van der Waals surface area contributed by atoms with Crippen molar-refractivity contribution in [2.75, 3.05) is 24.7 Å². The van der Waals surface area contributed by atoms with Crippen LogP contribution in [0.5, 0.6) is 5.75 Å². The van der Waals surface area contributed by atoms with Crippen molar-refractivity contribution in [1.29, 1.82) is 0 Å². The first-order chi connectivity index (χ1) is 9.44. The molecule has 1 aliphatic rings. The highest BCUT2D eigenvalue weighted by molar-refractivity contribution is 9.10. The molecule has 2 rings (SSSR count). The van der Waals surface area contributed by atoms with Crippen LogP contribution in [0, 0.1) is 5.92 Å². The second-order valence-electron chi connectivity index (χ2n) is 4.82. The Bertz CT molecular complexity index is 571. The molecule has 5 nitrogen and oxygen atoms in total. The molecular weight excluding hydrogens is 346 g/mol. The van der Waals surface area contributed by atoms with Crippen molar-refractivity contribution in [3.63, 3.8) is 0 Å². The van der Waals surface area contributed by atoms with Crippen LogP contribution in [-0.4, -0.2) is 39.0 Å². The van der Waals surface area contributed by atoms with Gasteiger partial charge in [-0.3, -0.25) is 4.79 Å². The molecule has 1 amide bonds. The van der Waals surface area contributed by atoms with E-state index < -0.39 is 9.84 Å². The maximum absolute atomic E-state index is 11.6. The predicted octanol–water partition coefficient (Wildman–Crippen LogP) is 1.38. The van der Waals surface area contributed by atoms with Crippen LogP contribution in [0.15, 0.2) is 28.7 Å². The molecule has 0 saturated carbocycles. The van der Waals surface area contributed by atoms with Crippen LogP contribution >= 0.6 is 15.9 Å². The summed E-state index contributed by atoms with van der Waals surface area (Å²) in [5.74, 6) is 0.796. The molecule has 1 unspecified atom stereocenters. The number of rotatable bonds is 5. The van der Waals surface area contributed by atoms with E-state index in [0.717, 1.165) is 4.47 Å². The molecular formula is C13H16BrNO4S. The number of carbonyl (C=O) groups is 1. The normalized spacial score (nSPS) is 20.6. The molecule has 20 heavy (non-hydrogen) atoms. The van der Waals surface area contributed by atoms with Crippen LogP contribution in [-0.2, 0) is 14.6 Å². The van der Waals surface area contributed by atoms with Crippen molar-refractivity contribution >= 4 is 31.7 Å². The number of hydrogen-bond acceptors (Lipinski definition) is 4. The average molecular weight is 362 g/mol. The van der Waals surface area contributed by atoms with Crippen LogP contribution in [0.25, 0.3) is 0 Å². The third kappa shape index (κ3) is 4.79. The summed E-state index contributed by atoms with van der Waals surface area (Å²) >= 11 is 3.31. The Morgan fingerprint density at radius 1 is 1.35 bits per heavy atom. The Morgan fingerprint density at radius 3 is 2.65 bits per heavy atom. The number of carbonyl (C=O) groups excluding carboxylic acids is 1. The van der Waals surface area contributed by atoms with Crippen molar-refractivity contribution < 1.29 is 17.9 Å². The van der Waals surface area contributed by atoms with Crippen molar-refractivity contribution in [2.24, 2.45) is 5.92 Å². The number of halogens is 1. The van der Waals surface area contributed by atoms with Gasteiger partial charge in [0.2, 0.25) is 0 Å². The van der Waals surface area contributed by atoms with E-state index in [1.807, 2.05) is 12.1 Å². The van der Waals surface area contributed by atoms with E-state index in [-0.39, 0.29) is 29.9 Å². The highest BCUT2D eigenvalue weighted by atomic mass is 79.9. The quantitative estimate of drug-likeness (QED) is 0.859. The minimum absolute atomic E-state index is 0.0247. The lowest BCUT2D eigenvalue weighted by Crippen LogP contribution is -2.33. The molecule has 1 N–H and O–H groups in total. The lowest BCUT2D eigenvalue weighted by molar-refractivity contribution is -0.123. The number of hydrogen-bond donors (Lipinski definition) is 1. The van der Waals surface area contributed by atoms with E-state index in [1.165, 1.54) is 0 Å². The second-order valence-corrected chi connectivity index (χ2v) is 7.96. The summed E-state index contributed by atoms with van der Waals surface area (Å²) < 4.78 is 28.8. The molecule has 1 saturated heterocycles. The monoisotopic (exact) mass is 361 g/mol. The predicted molar refractivity (Wildman–Crippen MR) is 79.4 cm³/mol. The van der Waals surface area contributed by atoms with E-state index >= 15 is 0 Å². The Balaban J connectivity index is 1.69. The van der Waals surface area contributed by atoms with Gasteiger partial charge in [0.25, 0.3) is 5.91 Å². The highest BCUT2D eigenvalue weighted by Crippen LogP contribution is 2.17. The summed E-state index contributed by atoms with van der Waals surface area (Å²) in [5, 5.41) is 2.71. The molecule has 1 aliphatic heterocycles. The molecule has 0 aliphatic carbocycles. The van der Waals surface area contributed by atoms with E-state index in [1.54, 1.807) is 12.1 Å². The van der Waals surface area contributed by atoms with Crippen molar-refractivity contribution in [2.45, 2.75) is 6.42 Å². The van der Waals surface area contributed by atoms with E-state index in [0.29, 0.717) is 18.7 Å². The lowest BCUT2D eigenvalue weighted by Gasteiger charge is -2.10. The van der Waals surface area contributed by atoms with E-state index in [9.17, 15) is 13.2 Å². The fraction of sp³-hybridized carbons (Fsp3) is 0.462. The summed E-state index contributed by atoms with van der Waals surface area (Å²) in [6.07, 6.45) is 0.621. The Labute approximate surface area is 126 Å². The van der Waals surface area contributed by atoms with Gasteiger partial charge in [0.15, 0.2) is 16.4 Å². The van der Waals surface area contributed by atoms with Gasteiger partial charge in [-0.05, 0) is 36.6 Å². The molecule has 1 heterocycles. The lowest BCUT2D eigenvalue weighted by atomic mass is 10.1. The molecule has 0 bridgehead atoms. The smallest absolute Gasteiger partial charge is 0.257 e. The third-order valence-corrected chi connectivity index (χ3v) is 5.46. The molecule has 0 spiro atoms. The van der Waals surface area contributed by atoms with Crippen LogP contribution in [0.3, 0.4) is 0 Å². The minimum Gasteiger partial charge on any atom is -0.484 e. The van der Waals surface area contributed by atoms with Crippen LogP contribution in [0.1, 0.15) is 6.42 Å². The summed E-state index contributed by atoms with van der Waals surface area (Å²) in [6, 6.07) is 7.19. The van der Waals surface area contributed by atoms with Gasteiger partial charge in [-0.1, -0.05) is 15.9 Å². The molecule has 0 aromatic heterocycles. The van der Waals surface area contributed by atoms with Crippen LogP contribution in [0.4, 0.5) is 0 Å². The number of ether oxygens (including phenoxy) is 1. The standard InChI is InChI=1S/C13H16BrNO4S/c14-11-1-3-12(4-2-11)19-8-13(16)15-7-10-5-6-20(17,18)9-10/h1-4,10H,5-9H2,(H,15,16). The maximum atomic E-state index is 11.6. The third-order valence-electron chi connectivity index (χ3n) is 3.10. The molecule has 0 radical (unpaired) electrons. The molecule has 1 aromatic rings. The maximum Gasteiger partial charge on any atom is 0.257 e. The zero-order chi connectivity index (χ0) is 14.6. The number of amides is 1. The summed E-state index contributed by atoms with van der Waals surface area (Å²) in [6.45, 7) is 0.322. The molecule has 1 aromatic carbocycles. The Hall–Kier alpha value is -1.08. The van der Waals surface area contributed by atoms with Crippen molar-refractivity contribution in [1.82, 2.24) is 5.32 Å². The van der Waals surface area contributed by atoms with Gasteiger partial charge < -0.3 is 10.1 Å². The van der Waals surface area contributed by atoms with E-state index in [4.69, 9.17) is 4.74 Å². The molecule has 1 atom stereocenters. The number of benzene rings is 1. The molecule has 7 heteroatoms. The first kappa shape index (κ1) is 15.3. The topological polar surface area (TPSA) is 72.5 Å². The Morgan fingerprint density at radius 2 is 2.05 bits per heavy atom. The second kappa shape index (κ2) is 6.58. The fourth-order valence-corrected chi connectivity index (χ4v) is 4.15. The largest absolute Gasteiger partial charge is 0.484 e. The van der Waals surface area contributed by atoms with Gasteiger partial charge in [-0.25, -0.2) is 8.42 Å². The first-order valence-electron chi connectivity index (χ1n) is 6.30. The number of sulfone groups is 1. The van der Waals surface area contributed by atoms with Gasteiger partial charge >= 0.3 is 0 Å². The SMILES string of the molecule is O=C(COc1ccc(Br)cc1)NCC1CCS(=O)(=O)C1. The van der Waals surface area contributed by atoms with Crippen molar-refractivity contribution in [3.8, 4) is 5.75 Å². The van der Waals surface area contributed by atoms with Crippen LogP contribution < -0.4 is 10.1 Å². The first-order valence-corrected chi connectivity index (χ1v) is 8.91. The van der Waals surface area contributed by atoms with Crippen LogP contribution in [0.2, 0.25) is 0 Å². The highest BCUT2D eigenvalue weighted by Gasteiger charge is 2.27. The summed E-state index contributed by atoms with van der Waals surface area (Å²) in [7, 11) is -2.89. The fourth-order valence-electron chi connectivity index (χ4n) is 2.02. The summed E-state index contributed by atoms with van der Waals surface area (Å²) in [5.41, 5.74) is 0. The minimum atomic E-state index is -2.89. The zero-order valence-corrected chi connectivity index (χ0v) is 13.2. The molecule has 1 fully saturated rings. The zero-order valence-electron chi connectivity index (χ0n) is 10.8. The Kier molecular flexibility index (Phi) is 5.04. The van der Waals surface area contributed by atoms with Crippen molar-refractivity contribution in [3.05, 3.63) is 28.7 Å². The van der Waals surface area contributed by atoms with Gasteiger partial charge in [0.1, 0.15) is 5.75 Å². The van der Waals surface area contributed by atoms with E-state index in [2.05, 4.69) is 21.2 Å². The van der Waals surface area contributed by atoms with Gasteiger partial charge in [-0.2, -0.15) is 0 Å². The summed E-state index contributed by atoms with van der Waals surface area (Å²) in [4.78, 5) is 11.6. The van der Waals surface area contributed by atoms with Gasteiger partial charge in [0, 0.05) is 11.0 Å². The average Bonchev–Trinajstić information content (AvgIpc) is 2.75. The van der Waals surface area contributed by atoms with Gasteiger partial charge in [-0.15, -0.1) is 0 Å². The van der Waals surface area contributed by atoms with Gasteiger partial charge in [0.05, 0.1) is 11.5 Å². The molecule has 110 valence electrons.